The largest absolute Gasteiger partial charge is 0.497 e. The van der Waals surface area contributed by atoms with Crippen LogP contribution in [-0.2, 0) is 4.79 Å². The van der Waals surface area contributed by atoms with Gasteiger partial charge >= 0.3 is 0 Å². The van der Waals surface area contributed by atoms with Gasteiger partial charge in [0.1, 0.15) is 12.0 Å². The van der Waals surface area contributed by atoms with Gasteiger partial charge in [-0.3, -0.25) is 9.59 Å². The Morgan fingerprint density at radius 3 is 2.54 bits per heavy atom. The number of ether oxygens (including phenoxy) is 3. The molecule has 7 nitrogen and oxygen atoms in total. The molecule has 180 valence electrons. The van der Waals surface area contributed by atoms with Crippen molar-refractivity contribution in [1.82, 2.24) is 5.01 Å². The third kappa shape index (κ3) is 5.46. The molecule has 0 spiro atoms. The van der Waals surface area contributed by atoms with Gasteiger partial charge in [-0.2, -0.15) is 5.10 Å². The molecule has 0 fully saturated rings. The van der Waals surface area contributed by atoms with Gasteiger partial charge in [0.25, 0.3) is 5.91 Å². The van der Waals surface area contributed by atoms with Crippen LogP contribution in [0.1, 0.15) is 40.9 Å². The highest BCUT2D eigenvalue weighted by Gasteiger charge is 2.34. The molecule has 3 aromatic rings. The van der Waals surface area contributed by atoms with E-state index in [9.17, 15) is 9.59 Å². The summed E-state index contributed by atoms with van der Waals surface area (Å²) in [7, 11) is 1.61. The smallest absolute Gasteiger partial charge is 0.281 e. The lowest BCUT2D eigenvalue weighted by Crippen LogP contribution is -2.31. The van der Waals surface area contributed by atoms with Crippen LogP contribution in [0, 0.1) is 0 Å². The Bertz CT molecular complexity index is 1240. The first-order valence-electron chi connectivity index (χ1n) is 11.2. The molecule has 0 saturated carbocycles. The summed E-state index contributed by atoms with van der Waals surface area (Å²) < 4.78 is 16.6. The Hall–Kier alpha value is -3.84. The molecule has 4 rings (SSSR count). The minimum absolute atomic E-state index is 0.257. The van der Waals surface area contributed by atoms with Gasteiger partial charge in [0.05, 0.1) is 25.5 Å². The van der Waals surface area contributed by atoms with Crippen LogP contribution in [0.4, 0.5) is 0 Å². The Morgan fingerprint density at radius 1 is 1.09 bits per heavy atom. The molecule has 0 N–H and O–H groups in total. The van der Waals surface area contributed by atoms with Crippen LogP contribution in [0.2, 0.25) is 5.02 Å². The molecule has 0 bridgehead atoms. The minimum Gasteiger partial charge on any atom is -0.497 e. The third-order valence-electron chi connectivity index (χ3n) is 5.61. The fourth-order valence-electron chi connectivity index (χ4n) is 3.88. The maximum Gasteiger partial charge on any atom is 0.281 e. The molecule has 1 atom stereocenters. The van der Waals surface area contributed by atoms with Crippen molar-refractivity contribution in [1.29, 1.82) is 0 Å². The van der Waals surface area contributed by atoms with Crippen molar-refractivity contribution in [2.75, 3.05) is 20.3 Å². The number of methoxy groups -OCH3 is 1. The zero-order valence-corrected chi connectivity index (χ0v) is 20.2. The Balaban J connectivity index is 1.60. The van der Waals surface area contributed by atoms with Gasteiger partial charge in [-0.05, 0) is 48.9 Å². The fourth-order valence-corrected chi connectivity index (χ4v) is 4.12. The molecule has 3 aromatic carbocycles. The van der Waals surface area contributed by atoms with Crippen LogP contribution in [0.3, 0.4) is 0 Å². The maximum absolute atomic E-state index is 13.3. The van der Waals surface area contributed by atoms with Crippen molar-refractivity contribution in [2.24, 2.45) is 5.10 Å². The molecule has 0 aliphatic carbocycles. The molecular formula is C27H25ClN2O5. The van der Waals surface area contributed by atoms with E-state index in [0.717, 1.165) is 28.9 Å². The van der Waals surface area contributed by atoms with Gasteiger partial charge in [0.2, 0.25) is 0 Å². The minimum atomic E-state index is -0.327. The third-order valence-corrected chi connectivity index (χ3v) is 5.94. The van der Waals surface area contributed by atoms with Crippen molar-refractivity contribution in [2.45, 2.75) is 19.4 Å². The standard InChI is InChI=1S/C27H25ClN2O5/c1-3-34-26-14-18(16-31)8-13-25(26)35-17-27(32)30-24(19-9-11-20(33-2)12-10-19)15-23(29-30)21-6-4-5-7-22(21)28/h4-14,16,24H,3,15,17H2,1-2H3. The molecule has 0 aromatic heterocycles. The average molecular weight is 493 g/mol. The van der Waals surface area contributed by atoms with E-state index < -0.39 is 0 Å². The summed E-state index contributed by atoms with van der Waals surface area (Å²) in [5.74, 6) is 1.18. The second-order valence-corrected chi connectivity index (χ2v) is 8.21. The first-order chi connectivity index (χ1) is 17.0. The molecule has 8 heteroatoms. The van der Waals surface area contributed by atoms with Crippen molar-refractivity contribution in [3.63, 3.8) is 0 Å². The molecule has 1 unspecified atom stereocenters. The van der Waals surface area contributed by atoms with Gasteiger partial charge in [-0.1, -0.05) is 41.9 Å². The van der Waals surface area contributed by atoms with E-state index in [4.69, 9.17) is 25.8 Å². The molecular weight excluding hydrogens is 468 g/mol. The summed E-state index contributed by atoms with van der Waals surface area (Å²) in [5.41, 5.74) is 2.87. The Kier molecular flexibility index (Phi) is 7.67. The number of carbonyl (C=O) groups is 2. The molecule has 1 amide bonds. The Morgan fingerprint density at radius 2 is 1.86 bits per heavy atom. The van der Waals surface area contributed by atoms with Gasteiger partial charge in [0, 0.05) is 22.6 Å². The SMILES string of the molecule is CCOc1cc(C=O)ccc1OCC(=O)N1N=C(c2ccccc2Cl)CC1c1ccc(OC)cc1. The van der Waals surface area contributed by atoms with E-state index in [1.54, 1.807) is 31.4 Å². The van der Waals surface area contributed by atoms with Crippen LogP contribution >= 0.6 is 11.6 Å². The number of amides is 1. The van der Waals surface area contributed by atoms with Crippen LogP contribution < -0.4 is 14.2 Å². The lowest BCUT2D eigenvalue weighted by atomic mass is 9.98. The normalized spacial score (nSPS) is 14.9. The van der Waals surface area contributed by atoms with E-state index in [1.807, 2.05) is 49.4 Å². The first kappa shape index (κ1) is 24.3. The highest BCUT2D eigenvalue weighted by atomic mass is 35.5. The number of benzene rings is 3. The predicted octanol–water partition coefficient (Wildman–Crippen LogP) is 5.32. The monoisotopic (exact) mass is 492 g/mol. The molecule has 1 aliphatic rings. The van der Waals surface area contributed by atoms with Gasteiger partial charge in [0.15, 0.2) is 18.1 Å². The number of carbonyl (C=O) groups excluding carboxylic acids is 2. The lowest BCUT2D eigenvalue weighted by molar-refractivity contribution is -0.135. The van der Waals surface area contributed by atoms with E-state index in [2.05, 4.69) is 5.10 Å². The Labute approximate surface area is 208 Å². The molecule has 1 heterocycles. The van der Waals surface area contributed by atoms with E-state index in [1.165, 1.54) is 5.01 Å². The summed E-state index contributed by atoms with van der Waals surface area (Å²) in [5, 5.41) is 6.66. The van der Waals surface area contributed by atoms with Crippen LogP contribution in [-0.4, -0.2) is 43.2 Å². The number of aldehydes is 1. The highest BCUT2D eigenvalue weighted by Crippen LogP contribution is 2.35. The molecule has 0 radical (unpaired) electrons. The second-order valence-electron chi connectivity index (χ2n) is 7.80. The lowest BCUT2D eigenvalue weighted by Gasteiger charge is -2.22. The number of rotatable bonds is 9. The first-order valence-corrected chi connectivity index (χ1v) is 11.5. The number of hydrazone groups is 1. The summed E-state index contributed by atoms with van der Waals surface area (Å²) in [4.78, 5) is 24.4. The number of halogens is 1. The van der Waals surface area contributed by atoms with Crippen LogP contribution in [0.5, 0.6) is 17.2 Å². The van der Waals surface area contributed by atoms with E-state index >= 15 is 0 Å². The van der Waals surface area contributed by atoms with Crippen LogP contribution in [0.15, 0.2) is 71.8 Å². The quantitative estimate of drug-likeness (QED) is 0.378. The van der Waals surface area contributed by atoms with Gasteiger partial charge in [-0.25, -0.2) is 5.01 Å². The van der Waals surface area contributed by atoms with Crippen LogP contribution in [0.25, 0.3) is 0 Å². The zero-order valence-electron chi connectivity index (χ0n) is 19.4. The molecule has 1 aliphatic heterocycles. The second kappa shape index (κ2) is 11.1. The summed E-state index contributed by atoms with van der Waals surface area (Å²) >= 11 is 6.41. The van der Waals surface area contributed by atoms with Crippen molar-refractivity contribution < 1.29 is 23.8 Å². The van der Waals surface area contributed by atoms with Crippen molar-refractivity contribution in [3.05, 3.63) is 88.4 Å². The van der Waals surface area contributed by atoms with E-state index in [-0.39, 0.29) is 18.6 Å². The summed E-state index contributed by atoms with van der Waals surface area (Å²) in [6, 6.07) is 19.4. The number of hydrogen-bond donors (Lipinski definition) is 0. The number of nitrogens with zero attached hydrogens (tertiary/aromatic N) is 2. The zero-order chi connectivity index (χ0) is 24.8. The van der Waals surface area contributed by atoms with Crippen molar-refractivity contribution >= 4 is 29.5 Å². The van der Waals surface area contributed by atoms with Gasteiger partial charge in [-0.15, -0.1) is 0 Å². The topological polar surface area (TPSA) is 77.4 Å². The number of hydrogen-bond acceptors (Lipinski definition) is 6. The average Bonchev–Trinajstić information content (AvgIpc) is 3.33. The fraction of sp³-hybridized carbons (Fsp3) is 0.222. The van der Waals surface area contributed by atoms with Gasteiger partial charge < -0.3 is 14.2 Å². The summed E-state index contributed by atoms with van der Waals surface area (Å²) in [6.07, 6.45) is 1.23. The highest BCUT2D eigenvalue weighted by molar-refractivity contribution is 6.34. The maximum atomic E-state index is 13.3. The summed E-state index contributed by atoms with van der Waals surface area (Å²) in [6.45, 7) is 1.97. The molecule has 0 saturated heterocycles. The van der Waals surface area contributed by atoms with E-state index in [0.29, 0.717) is 35.1 Å². The predicted molar refractivity (Wildman–Crippen MR) is 134 cm³/mol. The molecule has 35 heavy (non-hydrogen) atoms. The van der Waals surface area contributed by atoms with Crippen molar-refractivity contribution in [3.8, 4) is 17.2 Å².